The Morgan fingerprint density at radius 2 is 1.86 bits per heavy atom. The maximum absolute atomic E-state index is 11.8. The van der Waals surface area contributed by atoms with E-state index in [0.717, 1.165) is 18.4 Å². The van der Waals surface area contributed by atoms with E-state index in [1.165, 1.54) is 24.7 Å². The molecule has 1 aliphatic carbocycles. The summed E-state index contributed by atoms with van der Waals surface area (Å²) in [4.78, 5) is 0. The fourth-order valence-corrected chi connectivity index (χ4v) is 3.41. The third-order valence-corrected chi connectivity index (χ3v) is 4.87. The maximum atomic E-state index is 11.8. The van der Waals surface area contributed by atoms with E-state index in [1.807, 2.05) is 30.3 Å². The molecule has 0 atom stereocenters. The molecule has 1 aliphatic rings. The van der Waals surface area contributed by atoms with Crippen molar-refractivity contribution in [2.24, 2.45) is 0 Å². The van der Waals surface area contributed by atoms with Crippen LogP contribution in [0.5, 0.6) is 0 Å². The molecule has 0 bridgehead atoms. The first-order valence-electron chi connectivity index (χ1n) is 8.00. The molecular weight excluding hydrogens is 298 g/mol. The van der Waals surface area contributed by atoms with Crippen LogP contribution in [0.4, 0.5) is 0 Å². The lowest BCUT2D eigenvalue weighted by molar-refractivity contribution is 0.0278. The van der Waals surface area contributed by atoms with E-state index in [9.17, 15) is 8.42 Å². The Morgan fingerprint density at radius 1 is 1.14 bits per heavy atom. The summed E-state index contributed by atoms with van der Waals surface area (Å²) >= 11 is 0. The van der Waals surface area contributed by atoms with Crippen LogP contribution in [-0.4, -0.2) is 27.7 Å². The van der Waals surface area contributed by atoms with Crippen LogP contribution < -0.4 is 4.72 Å². The molecule has 22 heavy (non-hydrogen) atoms. The van der Waals surface area contributed by atoms with E-state index >= 15 is 0 Å². The molecule has 122 valence electrons. The van der Waals surface area contributed by atoms with Crippen LogP contribution in [0.25, 0.3) is 6.08 Å². The van der Waals surface area contributed by atoms with E-state index < -0.39 is 10.0 Å². The second kappa shape index (κ2) is 9.08. The van der Waals surface area contributed by atoms with Crippen LogP contribution in [0, 0.1) is 0 Å². The van der Waals surface area contributed by atoms with Gasteiger partial charge in [0.1, 0.15) is 0 Å². The smallest absolute Gasteiger partial charge is 0.233 e. The summed E-state index contributed by atoms with van der Waals surface area (Å²) in [5.74, 6) is 0. The monoisotopic (exact) mass is 323 g/mol. The molecule has 1 fully saturated rings. The third-order valence-electron chi connectivity index (χ3n) is 3.77. The van der Waals surface area contributed by atoms with E-state index in [4.69, 9.17) is 4.74 Å². The number of hydrogen-bond acceptors (Lipinski definition) is 3. The molecule has 5 heteroatoms. The zero-order chi connectivity index (χ0) is 15.7. The van der Waals surface area contributed by atoms with Crippen LogP contribution in [0.3, 0.4) is 0 Å². The zero-order valence-electron chi connectivity index (χ0n) is 12.9. The summed E-state index contributed by atoms with van der Waals surface area (Å²) in [5, 5.41) is 1.21. The average Bonchev–Trinajstić information content (AvgIpc) is 2.55. The first kappa shape index (κ1) is 17.2. The average molecular weight is 323 g/mol. The normalized spacial score (nSPS) is 17.1. The number of ether oxygens (including phenoxy) is 1. The molecule has 1 saturated carbocycles. The summed E-state index contributed by atoms with van der Waals surface area (Å²) in [6, 6.07) is 9.38. The topological polar surface area (TPSA) is 55.4 Å². The Morgan fingerprint density at radius 3 is 2.59 bits per heavy atom. The number of benzene rings is 1. The van der Waals surface area contributed by atoms with Crippen molar-refractivity contribution >= 4 is 16.1 Å². The molecule has 1 aromatic rings. The standard InChI is InChI=1S/C17H25NO3S/c19-22(20,15-12-16-8-3-1-4-9-16)18-13-7-14-21-17-10-5-2-6-11-17/h1,3-4,8-9,12,15,17-18H,2,5-7,10-11,13-14H2/b15-12+. The molecule has 0 spiro atoms. The van der Waals surface area contributed by atoms with Crippen molar-refractivity contribution in [1.29, 1.82) is 0 Å². The predicted molar refractivity (Wildman–Crippen MR) is 89.8 cm³/mol. The van der Waals surface area contributed by atoms with Gasteiger partial charge in [-0.05, 0) is 30.9 Å². The first-order chi connectivity index (χ1) is 10.7. The van der Waals surface area contributed by atoms with Crippen molar-refractivity contribution in [2.45, 2.75) is 44.6 Å². The van der Waals surface area contributed by atoms with Crippen LogP contribution in [-0.2, 0) is 14.8 Å². The van der Waals surface area contributed by atoms with Crippen LogP contribution >= 0.6 is 0 Å². The predicted octanol–water partition coefficient (Wildman–Crippen LogP) is 3.32. The molecular formula is C17H25NO3S. The quantitative estimate of drug-likeness (QED) is 0.747. The van der Waals surface area contributed by atoms with Gasteiger partial charge in [0.05, 0.1) is 6.10 Å². The first-order valence-corrected chi connectivity index (χ1v) is 9.55. The van der Waals surface area contributed by atoms with Crippen molar-refractivity contribution < 1.29 is 13.2 Å². The third kappa shape index (κ3) is 6.73. The fraction of sp³-hybridized carbons (Fsp3) is 0.529. The largest absolute Gasteiger partial charge is 0.378 e. The fourth-order valence-electron chi connectivity index (χ4n) is 2.55. The molecule has 0 radical (unpaired) electrons. The van der Waals surface area contributed by atoms with Crippen LogP contribution in [0.15, 0.2) is 35.7 Å². The molecule has 4 nitrogen and oxygen atoms in total. The minimum atomic E-state index is -3.37. The lowest BCUT2D eigenvalue weighted by atomic mass is 9.98. The Labute approximate surface area is 133 Å². The van der Waals surface area contributed by atoms with Gasteiger partial charge in [-0.15, -0.1) is 0 Å². The summed E-state index contributed by atoms with van der Waals surface area (Å²) in [5.41, 5.74) is 0.869. The van der Waals surface area contributed by atoms with Gasteiger partial charge < -0.3 is 4.74 Å². The second-order valence-electron chi connectivity index (χ2n) is 5.64. The Bertz CT molecular complexity index is 549. The second-order valence-corrected chi connectivity index (χ2v) is 7.29. The van der Waals surface area contributed by atoms with Gasteiger partial charge in [-0.3, -0.25) is 0 Å². The molecule has 2 rings (SSSR count). The van der Waals surface area contributed by atoms with Gasteiger partial charge in [0.2, 0.25) is 10.0 Å². The molecule has 0 aliphatic heterocycles. The highest BCUT2D eigenvalue weighted by Gasteiger charge is 2.13. The molecule has 0 heterocycles. The van der Waals surface area contributed by atoms with E-state index in [2.05, 4.69) is 4.72 Å². The maximum Gasteiger partial charge on any atom is 0.233 e. The minimum absolute atomic E-state index is 0.378. The number of hydrogen-bond donors (Lipinski definition) is 1. The van der Waals surface area contributed by atoms with Crippen molar-refractivity contribution in [3.05, 3.63) is 41.3 Å². The van der Waals surface area contributed by atoms with Crippen LogP contribution in [0.2, 0.25) is 0 Å². The molecule has 1 N–H and O–H groups in total. The van der Waals surface area contributed by atoms with E-state index in [1.54, 1.807) is 6.08 Å². The highest BCUT2D eigenvalue weighted by atomic mass is 32.2. The van der Waals surface area contributed by atoms with Crippen molar-refractivity contribution in [1.82, 2.24) is 4.72 Å². The van der Waals surface area contributed by atoms with Gasteiger partial charge in [0.15, 0.2) is 0 Å². The van der Waals surface area contributed by atoms with Crippen molar-refractivity contribution in [2.75, 3.05) is 13.2 Å². The minimum Gasteiger partial charge on any atom is -0.378 e. The highest BCUT2D eigenvalue weighted by Crippen LogP contribution is 2.20. The number of rotatable bonds is 8. The molecule has 0 amide bonds. The van der Waals surface area contributed by atoms with Gasteiger partial charge in [-0.2, -0.15) is 0 Å². The number of nitrogens with one attached hydrogen (secondary N) is 1. The van der Waals surface area contributed by atoms with Gasteiger partial charge in [-0.25, -0.2) is 13.1 Å². The van der Waals surface area contributed by atoms with Gasteiger partial charge in [0, 0.05) is 18.6 Å². The molecule has 0 saturated heterocycles. The van der Waals surface area contributed by atoms with E-state index in [0.29, 0.717) is 25.7 Å². The van der Waals surface area contributed by atoms with Crippen LogP contribution in [0.1, 0.15) is 44.1 Å². The van der Waals surface area contributed by atoms with Crippen molar-refractivity contribution in [3.63, 3.8) is 0 Å². The Kier molecular flexibility index (Phi) is 7.09. The highest BCUT2D eigenvalue weighted by molar-refractivity contribution is 7.92. The Balaban J connectivity index is 1.63. The molecule has 0 unspecified atom stereocenters. The molecule has 0 aromatic heterocycles. The lowest BCUT2D eigenvalue weighted by Gasteiger charge is -2.21. The SMILES string of the molecule is O=S(=O)(/C=C/c1ccccc1)NCCCOC1CCCCC1. The summed E-state index contributed by atoms with van der Waals surface area (Å²) in [6.07, 6.45) is 8.78. The Hall–Kier alpha value is -1.17. The summed E-state index contributed by atoms with van der Waals surface area (Å²) in [7, 11) is -3.37. The van der Waals surface area contributed by atoms with E-state index in [-0.39, 0.29) is 0 Å². The summed E-state index contributed by atoms with van der Waals surface area (Å²) < 4.78 is 32.0. The lowest BCUT2D eigenvalue weighted by Crippen LogP contribution is -2.24. The van der Waals surface area contributed by atoms with Gasteiger partial charge in [-0.1, -0.05) is 49.6 Å². The van der Waals surface area contributed by atoms with Crippen molar-refractivity contribution in [3.8, 4) is 0 Å². The summed E-state index contributed by atoms with van der Waals surface area (Å²) in [6.45, 7) is 1.03. The van der Waals surface area contributed by atoms with Gasteiger partial charge >= 0.3 is 0 Å². The van der Waals surface area contributed by atoms with Gasteiger partial charge in [0.25, 0.3) is 0 Å². The number of sulfonamides is 1. The molecule has 1 aromatic carbocycles. The zero-order valence-corrected chi connectivity index (χ0v) is 13.7.